The van der Waals surface area contributed by atoms with Crippen molar-refractivity contribution in [2.24, 2.45) is 0 Å². The molecule has 2 aromatic carbocycles. The summed E-state index contributed by atoms with van der Waals surface area (Å²) in [6.07, 6.45) is 2.36. The molecular weight excluding hydrogens is 465 g/mol. The topological polar surface area (TPSA) is 73.1 Å². The Morgan fingerprint density at radius 1 is 0.914 bits per heavy atom. The van der Waals surface area contributed by atoms with Gasteiger partial charge in [0.05, 0.1) is 12.1 Å². The van der Waals surface area contributed by atoms with Crippen LogP contribution in [0, 0.1) is 12.7 Å². The number of carbonyl (C=O) groups is 1. The van der Waals surface area contributed by atoms with Gasteiger partial charge >= 0.3 is 5.69 Å². The van der Waals surface area contributed by atoms with Gasteiger partial charge in [0.2, 0.25) is 5.91 Å². The molecule has 4 rings (SSSR count). The fourth-order valence-corrected chi connectivity index (χ4v) is 4.83. The molecule has 0 atom stereocenters. The normalized spacial score (nSPS) is 11.1. The van der Waals surface area contributed by atoms with Gasteiger partial charge in [-0.15, -0.1) is 11.3 Å². The van der Waals surface area contributed by atoms with Gasteiger partial charge in [-0.25, -0.2) is 9.18 Å². The lowest BCUT2D eigenvalue weighted by atomic mass is 10.1. The van der Waals surface area contributed by atoms with Gasteiger partial charge < -0.3 is 5.32 Å². The monoisotopic (exact) mass is 493 g/mol. The summed E-state index contributed by atoms with van der Waals surface area (Å²) < 4.78 is 16.5. The van der Waals surface area contributed by atoms with Gasteiger partial charge in [0.15, 0.2) is 0 Å². The minimum atomic E-state index is -0.307. The Balaban J connectivity index is 1.34. The molecule has 0 aliphatic rings. The second kappa shape index (κ2) is 11.3. The fourth-order valence-electron chi connectivity index (χ4n) is 3.98. The van der Waals surface area contributed by atoms with Gasteiger partial charge in [-0.2, -0.15) is 0 Å². The molecule has 8 heteroatoms. The fraction of sp³-hybridized carbons (Fsp3) is 0.296. The Hall–Kier alpha value is -3.52. The number of hydrogen-bond acceptors (Lipinski definition) is 4. The maximum atomic E-state index is 13.2. The first kappa shape index (κ1) is 24.6. The standard InChI is InChI=1S/C27H28FN3O3S/c1-19-6-8-21(9-7-19)18-31-23-14-16-35-25(23)26(33)30(27(31)34)15-4-2-3-5-24(32)29-17-20-10-12-22(28)13-11-20/h6-14,16H,2-5,15,17-18H2,1H3,(H,29,32). The summed E-state index contributed by atoms with van der Waals surface area (Å²) in [6.45, 7) is 3.09. The van der Waals surface area contributed by atoms with E-state index in [1.165, 1.54) is 28.0 Å². The first-order valence-electron chi connectivity index (χ1n) is 11.7. The first-order valence-corrected chi connectivity index (χ1v) is 12.6. The zero-order chi connectivity index (χ0) is 24.8. The number of aromatic nitrogens is 2. The highest BCUT2D eigenvalue weighted by Crippen LogP contribution is 2.17. The smallest absolute Gasteiger partial charge is 0.331 e. The SMILES string of the molecule is Cc1ccc(Cn2c(=O)n(CCCCCC(=O)NCc3ccc(F)cc3)c(=O)c3sccc32)cc1. The molecule has 0 bridgehead atoms. The quantitative estimate of drug-likeness (QED) is 0.328. The summed E-state index contributed by atoms with van der Waals surface area (Å²) >= 11 is 1.35. The van der Waals surface area contributed by atoms with Crippen molar-refractivity contribution in [3.8, 4) is 0 Å². The van der Waals surface area contributed by atoms with Gasteiger partial charge in [0, 0.05) is 19.5 Å². The van der Waals surface area contributed by atoms with Crippen LogP contribution in [-0.2, 0) is 24.4 Å². The van der Waals surface area contributed by atoms with Crippen LogP contribution in [-0.4, -0.2) is 15.0 Å². The largest absolute Gasteiger partial charge is 0.352 e. The maximum absolute atomic E-state index is 13.2. The van der Waals surface area contributed by atoms with E-state index in [2.05, 4.69) is 5.32 Å². The Labute approximate surface area is 206 Å². The van der Waals surface area contributed by atoms with Crippen molar-refractivity contribution in [2.45, 2.75) is 52.2 Å². The van der Waals surface area contributed by atoms with Crippen LogP contribution >= 0.6 is 11.3 Å². The molecule has 4 aromatic rings. The van der Waals surface area contributed by atoms with Crippen molar-refractivity contribution >= 4 is 27.5 Å². The molecule has 2 heterocycles. The van der Waals surface area contributed by atoms with Crippen LogP contribution in [0.3, 0.4) is 0 Å². The third kappa shape index (κ3) is 6.14. The highest BCUT2D eigenvalue weighted by atomic mass is 32.1. The number of benzene rings is 2. The van der Waals surface area contributed by atoms with Crippen LogP contribution in [0.5, 0.6) is 0 Å². The molecule has 0 fully saturated rings. The van der Waals surface area contributed by atoms with Crippen molar-refractivity contribution < 1.29 is 9.18 Å². The van der Waals surface area contributed by atoms with Crippen LogP contribution in [0.25, 0.3) is 10.2 Å². The number of nitrogens with zero attached hydrogens (tertiary/aromatic N) is 2. The molecule has 0 unspecified atom stereocenters. The predicted molar refractivity (Wildman–Crippen MR) is 137 cm³/mol. The summed E-state index contributed by atoms with van der Waals surface area (Å²) in [6, 6.07) is 15.9. The number of amides is 1. The molecule has 0 saturated carbocycles. The van der Waals surface area contributed by atoms with Gasteiger partial charge in [-0.05, 0) is 54.5 Å². The molecular formula is C27H28FN3O3S. The summed E-state index contributed by atoms with van der Waals surface area (Å²) in [4.78, 5) is 38.3. The highest BCUT2D eigenvalue weighted by molar-refractivity contribution is 7.17. The molecule has 0 saturated heterocycles. The second-order valence-corrected chi connectivity index (χ2v) is 9.58. The third-order valence-electron chi connectivity index (χ3n) is 5.99. The van der Waals surface area contributed by atoms with Crippen LogP contribution in [0.15, 0.2) is 69.6 Å². The minimum Gasteiger partial charge on any atom is -0.352 e. The van der Waals surface area contributed by atoms with Crippen LogP contribution < -0.4 is 16.6 Å². The lowest BCUT2D eigenvalue weighted by molar-refractivity contribution is -0.121. The van der Waals surface area contributed by atoms with E-state index in [0.717, 1.165) is 23.1 Å². The first-order chi connectivity index (χ1) is 16.9. The zero-order valence-electron chi connectivity index (χ0n) is 19.6. The number of rotatable bonds is 10. The number of aryl methyl sites for hydroxylation is 1. The van der Waals surface area contributed by atoms with Crippen molar-refractivity contribution in [3.63, 3.8) is 0 Å². The van der Waals surface area contributed by atoms with Crippen LogP contribution in [0.4, 0.5) is 4.39 Å². The number of carbonyl (C=O) groups excluding carboxylic acids is 1. The number of hydrogen-bond donors (Lipinski definition) is 1. The summed E-state index contributed by atoms with van der Waals surface area (Å²) in [7, 11) is 0. The van der Waals surface area contributed by atoms with E-state index in [0.29, 0.717) is 49.1 Å². The number of nitrogens with one attached hydrogen (secondary N) is 1. The summed E-state index contributed by atoms with van der Waals surface area (Å²) in [5.41, 5.74) is 3.10. The van der Waals surface area contributed by atoms with E-state index in [-0.39, 0.29) is 23.0 Å². The number of unbranched alkanes of at least 4 members (excludes halogenated alkanes) is 2. The van der Waals surface area contributed by atoms with E-state index >= 15 is 0 Å². The summed E-state index contributed by atoms with van der Waals surface area (Å²) in [5.74, 6) is -0.383. The predicted octanol–water partition coefficient (Wildman–Crippen LogP) is 4.60. The molecule has 0 radical (unpaired) electrons. The van der Waals surface area contributed by atoms with Crippen molar-refractivity contribution in [1.29, 1.82) is 0 Å². The van der Waals surface area contributed by atoms with Crippen molar-refractivity contribution in [1.82, 2.24) is 14.5 Å². The van der Waals surface area contributed by atoms with Crippen LogP contribution in [0.2, 0.25) is 0 Å². The molecule has 6 nitrogen and oxygen atoms in total. The average molecular weight is 494 g/mol. The van der Waals surface area contributed by atoms with E-state index in [1.54, 1.807) is 16.7 Å². The summed E-state index contributed by atoms with van der Waals surface area (Å²) in [5, 5.41) is 4.67. The Bertz CT molecular complexity index is 1420. The van der Waals surface area contributed by atoms with Gasteiger partial charge in [-0.3, -0.25) is 18.7 Å². The molecule has 0 spiro atoms. The van der Waals surface area contributed by atoms with Gasteiger partial charge in [-0.1, -0.05) is 48.4 Å². The lowest BCUT2D eigenvalue weighted by Gasteiger charge is -2.12. The van der Waals surface area contributed by atoms with E-state index < -0.39 is 0 Å². The average Bonchev–Trinajstić information content (AvgIpc) is 3.34. The van der Waals surface area contributed by atoms with E-state index in [1.807, 2.05) is 42.6 Å². The molecule has 182 valence electrons. The van der Waals surface area contributed by atoms with Crippen molar-refractivity contribution in [2.75, 3.05) is 0 Å². The number of fused-ring (bicyclic) bond motifs is 1. The van der Waals surface area contributed by atoms with Crippen LogP contribution in [0.1, 0.15) is 42.4 Å². The van der Waals surface area contributed by atoms with Gasteiger partial charge in [0.25, 0.3) is 5.56 Å². The maximum Gasteiger partial charge on any atom is 0.331 e. The third-order valence-corrected chi connectivity index (χ3v) is 6.88. The van der Waals surface area contributed by atoms with E-state index in [9.17, 15) is 18.8 Å². The van der Waals surface area contributed by atoms with Gasteiger partial charge in [0.1, 0.15) is 10.5 Å². The Morgan fingerprint density at radius 2 is 1.63 bits per heavy atom. The second-order valence-electron chi connectivity index (χ2n) is 8.66. The molecule has 1 N–H and O–H groups in total. The number of halogens is 1. The Kier molecular flexibility index (Phi) is 7.92. The van der Waals surface area contributed by atoms with Crippen molar-refractivity contribution in [3.05, 3.63) is 103 Å². The minimum absolute atomic E-state index is 0.0769. The molecule has 0 aliphatic heterocycles. The zero-order valence-corrected chi connectivity index (χ0v) is 20.4. The molecule has 1 amide bonds. The number of thiophene rings is 1. The molecule has 0 aliphatic carbocycles. The molecule has 2 aromatic heterocycles. The van der Waals surface area contributed by atoms with E-state index in [4.69, 9.17) is 0 Å². The Morgan fingerprint density at radius 3 is 2.37 bits per heavy atom. The lowest BCUT2D eigenvalue weighted by Crippen LogP contribution is -2.39. The highest BCUT2D eigenvalue weighted by Gasteiger charge is 2.14. The molecule has 35 heavy (non-hydrogen) atoms.